The second-order valence-electron chi connectivity index (χ2n) is 13.0. The number of rotatable bonds is 2. The number of benzene rings is 7. The highest BCUT2D eigenvalue weighted by Gasteiger charge is 2.41. The largest absolute Gasteiger partial charge is 0.458 e. The van der Waals surface area contributed by atoms with Crippen molar-refractivity contribution in [2.75, 3.05) is 0 Å². The highest BCUT2D eigenvalue weighted by molar-refractivity contribution is 6.98. The van der Waals surface area contributed by atoms with E-state index in [-0.39, 0.29) is 6.71 Å². The standard InChI is InChI=1S/C43H27BN2O2/c1-26-20-41-43-42(21-26)48-40-23-32-30-17-9-11-19-36(30)46(28-14-6-3-7-15-28)38(32)25-34(40)44(43)33-24-37-31(22-39(33)47-41)29-16-8-10-18-35(29)45(37)27-12-4-2-5-13-27/h2-25H,1H3. The number of para-hydroxylation sites is 4. The molecular formula is C43H27BN2O2. The van der Waals surface area contributed by atoms with Gasteiger partial charge in [0.2, 0.25) is 0 Å². The number of nitrogens with zero attached hydrogens (tertiary/aromatic N) is 2. The Hall–Kier alpha value is -6.20. The van der Waals surface area contributed by atoms with E-state index in [0.717, 1.165) is 67.4 Å². The third-order valence-corrected chi connectivity index (χ3v) is 10.2. The highest BCUT2D eigenvalue weighted by atomic mass is 16.5. The Bertz CT molecular complexity index is 2610. The Balaban J connectivity index is 1.25. The molecule has 0 amide bonds. The van der Waals surface area contributed by atoms with Gasteiger partial charge >= 0.3 is 0 Å². The number of ether oxygens (including phenoxy) is 2. The second kappa shape index (κ2) is 9.43. The van der Waals surface area contributed by atoms with Crippen LogP contribution in [0.1, 0.15) is 5.56 Å². The first-order valence-electron chi connectivity index (χ1n) is 16.5. The van der Waals surface area contributed by atoms with Gasteiger partial charge < -0.3 is 18.6 Å². The zero-order valence-electron chi connectivity index (χ0n) is 26.1. The average Bonchev–Trinajstić information content (AvgIpc) is 3.62. The molecule has 0 aliphatic carbocycles. The molecule has 0 spiro atoms. The van der Waals surface area contributed by atoms with Crippen molar-refractivity contribution in [1.29, 1.82) is 0 Å². The predicted molar refractivity (Wildman–Crippen MR) is 198 cm³/mol. The van der Waals surface area contributed by atoms with Crippen LogP contribution in [0.25, 0.3) is 55.0 Å². The van der Waals surface area contributed by atoms with Crippen molar-refractivity contribution in [3.63, 3.8) is 0 Å². The minimum Gasteiger partial charge on any atom is -0.458 e. The fourth-order valence-corrected chi connectivity index (χ4v) is 8.26. The second-order valence-corrected chi connectivity index (χ2v) is 13.0. The van der Waals surface area contributed by atoms with Crippen LogP contribution in [0.15, 0.2) is 146 Å². The number of fused-ring (bicyclic) bond motifs is 10. The molecule has 9 aromatic rings. The molecule has 2 aliphatic heterocycles. The minimum atomic E-state index is -0.0682. The monoisotopic (exact) mass is 614 g/mol. The van der Waals surface area contributed by atoms with Crippen molar-refractivity contribution in [2.24, 2.45) is 0 Å². The summed E-state index contributed by atoms with van der Waals surface area (Å²) in [4.78, 5) is 0. The third kappa shape index (κ3) is 3.45. The first-order valence-corrected chi connectivity index (χ1v) is 16.5. The van der Waals surface area contributed by atoms with E-state index in [0.29, 0.717) is 0 Å². The van der Waals surface area contributed by atoms with Gasteiger partial charge in [0.25, 0.3) is 6.71 Å². The molecule has 4 heterocycles. The van der Waals surface area contributed by atoms with Gasteiger partial charge in [0, 0.05) is 38.4 Å². The van der Waals surface area contributed by atoms with Crippen LogP contribution in [-0.2, 0) is 0 Å². The molecule has 48 heavy (non-hydrogen) atoms. The molecule has 0 unspecified atom stereocenters. The fourth-order valence-electron chi connectivity index (χ4n) is 8.26. The molecule has 0 saturated heterocycles. The van der Waals surface area contributed by atoms with Crippen LogP contribution < -0.4 is 25.9 Å². The van der Waals surface area contributed by atoms with Crippen LogP contribution in [0.3, 0.4) is 0 Å². The number of hydrogen-bond acceptors (Lipinski definition) is 2. The fraction of sp³-hybridized carbons (Fsp3) is 0.0233. The number of hydrogen-bond donors (Lipinski definition) is 0. The topological polar surface area (TPSA) is 28.3 Å². The van der Waals surface area contributed by atoms with E-state index in [1.807, 2.05) is 0 Å². The van der Waals surface area contributed by atoms with E-state index in [2.05, 4.69) is 162 Å². The molecule has 2 aromatic heterocycles. The van der Waals surface area contributed by atoms with E-state index in [4.69, 9.17) is 9.47 Å². The number of aryl methyl sites for hydroxylation is 1. The quantitative estimate of drug-likeness (QED) is 0.182. The van der Waals surface area contributed by atoms with Crippen LogP contribution in [0.5, 0.6) is 23.0 Å². The summed E-state index contributed by atoms with van der Waals surface area (Å²) in [6, 6.07) is 52.2. The van der Waals surface area contributed by atoms with Gasteiger partial charge in [-0.15, -0.1) is 0 Å². The summed E-state index contributed by atoms with van der Waals surface area (Å²) in [6.07, 6.45) is 0. The molecule has 5 heteroatoms. The van der Waals surface area contributed by atoms with Crippen LogP contribution in [0, 0.1) is 6.92 Å². The third-order valence-electron chi connectivity index (χ3n) is 10.2. The van der Waals surface area contributed by atoms with Gasteiger partial charge in [-0.1, -0.05) is 72.8 Å². The summed E-state index contributed by atoms with van der Waals surface area (Å²) in [5, 5.41) is 4.77. The summed E-state index contributed by atoms with van der Waals surface area (Å²) in [5.74, 6) is 3.51. The molecule has 0 radical (unpaired) electrons. The molecule has 0 atom stereocenters. The van der Waals surface area contributed by atoms with E-state index in [9.17, 15) is 0 Å². The molecule has 224 valence electrons. The molecule has 0 N–H and O–H groups in total. The Morgan fingerprint density at radius 2 is 0.854 bits per heavy atom. The van der Waals surface area contributed by atoms with E-state index >= 15 is 0 Å². The van der Waals surface area contributed by atoms with Crippen molar-refractivity contribution >= 4 is 66.7 Å². The lowest BCUT2D eigenvalue weighted by Crippen LogP contribution is -2.57. The summed E-state index contributed by atoms with van der Waals surface area (Å²) in [6.45, 7) is 2.04. The minimum absolute atomic E-state index is 0.0682. The lowest BCUT2D eigenvalue weighted by Gasteiger charge is -2.33. The normalized spacial score (nSPS) is 13.0. The Kier molecular flexibility index (Phi) is 5.09. The summed E-state index contributed by atoms with van der Waals surface area (Å²) >= 11 is 0. The van der Waals surface area contributed by atoms with Crippen LogP contribution in [-0.4, -0.2) is 15.8 Å². The lowest BCUT2D eigenvalue weighted by atomic mass is 9.34. The van der Waals surface area contributed by atoms with Crippen molar-refractivity contribution in [3.05, 3.63) is 151 Å². The Labute approximate surface area is 277 Å². The van der Waals surface area contributed by atoms with Crippen LogP contribution >= 0.6 is 0 Å². The van der Waals surface area contributed by atoms with Gasteiger partial charge in [0.1, 0.15) is 23.0 Å². The summed E-state index contributed by atoms with van der Waals surface area (Å²) in [5.41, 5.74) is 11.4. The van der Waals surface area contributed by atoms with Crippen molar-refractivity contribution < 1.29 is 9.47 Å². The SMILES string of the molecule is Cc1cc2c3c(c1)Oc1cc4c5ccccc5n(-c5ccccc5)c4cc1B3c1cc3c(cc1O2)c1ccccc1n3-c1ccccc1. The number of aromatic nitrogens is 2. The summed E-state index contributed by atoms with van der Waals surface area (Å²) < 4.78 is 18.4. The van der Waals surface area contributed by atoms with Crippen molar-refractivity contribution in [3.8, 4) is 34.4 Å². The van der Waals surface area contributed by atoms with Gasteiger partial charge in [0.05, 0.1) is 22.1 Å². The maximum atomic E-state index is 6.83. The molecule has 0 fully saturated rings. The zero-order valence-corrected chi connectivity index (χ0v) is 26.1. The Morgan fingerprint density at radius 1 is 0.417 bits per heavy atom. The zero-order chi connectivity index (χ0) is 31.5. The highest BCUT2D eigenvalue weighted by Crippen LogP contribution is 2.41. The van der Waals surface area contributed by atoms with E-state index in [1.54, 1.807) is 0 Å². The average molecular weight is 615 g/mol. The molecule has 0 bridgehead atoms. The van der Waals surface area contributed by atoms with Crippen LogP contribution in [0.4, 0.5) is 0 Å². The van der Waals surface area contributed by atoms with E-state index < -0.39 is 0 Å². The van der Waals surface area contributed by atoms with Gasteiger partial charge in [-0.25, -0.2) is 0 Å². The molecular weight excluding hydrogens is 587 g/mol. The van der Waals surface area contributed by atoms with Gasteiger partial charge in [-0.05, 0) is 96.2 Å². The molecule has 0 saturated carbocycles. The van der Waals surface area contributed by atoms with Gasteiger partial charge in [-0.3, -0.25) is 0 Å². The van der Waals surface area contributed by atoms with Gasteiger partial charge in [-0.2, -0.15) is 0 Å². The maximum absolute atomic E-state index is 6.83. The summed E-state index contributed by atoms with van der Waals surface area (Å²) in [7, 11) is 0. The van der Waals surface area contributed by atoms with E-state index in [1.165, 1.54) is 32.6 Å². The molecule has 4 nitrogen and oxygen atoms in total. The maximum Gasteiger partial charge on any atom is 0.260 e. The van der Waals surface area contributed by atoms with Gasteiger partial charge in [0.15, 0.2) is 0 Å². The smallest absolute Gasteiger partial charge is 0.260 e. The van der Waals surface area contributed by atoms with Crippen molar-refractivity contribution in [1.82, 2.24) is 9.13 Å². The molecule has 11 rings (SSSR count). The van der Waals surface area contributed by atoms with Crippen molar-refractivity contribution in [2.45, 2.75) is 6.92 Å². The molecule has 7 aromatic carbocycles. The predicted octanol–water partition coefficient (Wildman–Crippen LogP) is 8.92. The lowest BCUT2D eigenvalue weighted by molar-refractivity contribution is 0.464. The molecule has 2 aliphatic rings. The first kappa shape index (κ1) is 25.9. The van der Waals surface area contributed by atoms with Crippen LogP contribution in [0.2, 0.25) is 0 Å². The first-order chi connectivity index (χ1) is 23.7. The Morgan fingerprint density at radius 3 is 1.33 bits per heavy atom.